The topological polar surface area (TPSA) is 72.6 Å². The molecule has 0 unspecified atom stereocenters. The number of benzene rings is 1. The molecule has 6 nitrogen and oxygen atoms in total. The first-order chi connectivity index (χ1) is 11.4. The van der Waals surface area contributed by atoms with Crippen molar-refractivity contribution < 1.29 is 17.7 Å². The summed E-state index contributed by atoms with van der Waals surface area (Å²) in [6.45, 7) is 5.05. The van der Waals surface area contributed by atoms with Gasteiger partial charge in [-0.1, -0.05) is 12.1 Å². The smallest absolute Gasteiger partial charge is 0.246 e. The van der Waals surface area contributed by atoms with Gasteiger partial charge in [0.05, 0.1) is 12.8 Å². The standard InChI is InChI=1S/C17H22N2O4S/c1-12-6-8-19(9-7-12)24(20,21)17-11-14(4-5-15(17)22-3)16-10-13(2)18-23-16/h4-5,10-12H,6-9H2,1-3H3. The number of rotatable bonds is 4. The average molecular weight is 350 g/mol. The van der Waals surface area contributed by atoms with Crippen LogP contribution in [0.25, 0.3) is 11.3 Å². The Morgan fingerprint density at radius 3 is 2.54 bits per heavy atom. The molecule has 1 fully saturated rings. The van der Waals surface area contributed by atoms with Crippen molar-refractivity contribution in [3.05, 3.63) is 30.0 Å². The Labute approximate surface area is 142 Å². The molecule has 0 radical (unpaired) electrons. The van der Waals surface area contributed by atoms with Crippen LogP contribution in [-0.4, -0.2) is 38.1 Å². The van der Waals surface area contributed by atoms with Gasteiger partial charge >= 0.3 is 0 Å². The van der Waals surface area contributed by atoms with Crippen LogP contribution in [-0.2, 0) is 10.0 Å². The van der Waals surface area contributed by atoms with Crippen molar-refractivity contribution in [2.75, 3.05) is 20.2 Å². The van der Waals surface area contributed by atoms with Gasteiger partial charge in [0.2, 0.25) is 10.0 Å². The zero-order valence-electron chi connectivity index (χ0n) is 14.2. The minimum atomic E-state index is -3.61. The van der Waals surface area contributed by atoms with E-state index in [2.05, 4.69) is 12.1 Å². The zero-order valence-corrected chi connectivity index (χ0v) is 15.0. The summed E-state index contributed by atoms with van der Waals surface area (Å²) in [5.74, 6) is 1.44. The predicted octanol–water partition coefficient (Wildman–Crippen LogP) is 3.08. The number of nitrogens with zero attached hydrogens (tertiary/aromatic N) is 2. The van der Waals surface area contributed by atoms with Crippen molar-refractivity contribution in [1.82, 2.24) is 9.46 Å². The third-order valence-electron chi connectivity index (χ3n) is 4.44. The number of sulfonamides is 1. The molecule has 7 heteroatoms. The predicted molar refractivity (Wildman–Crippen MR) is 90.4 cm³/mol. The molecule has 0 N–H and O–H groups in total. The number of hydrogen-bond donors (Lipinski definition) is 0. The first-order valence-corrected chi connectivity index (χ1v) is 9.47. The first-order valence-electron chi connectivity index (χ1n) is 8.03. The van der Waals surface area contributed by atoms with Crippen molar-refractivity contribution in [2.24, 2.45) is 5.92 Å². The van der Waals surface area contributed by atoms with Gasteiger partial charge in [-0.05, 0) is 43.9 Å². The molecular formula is C17H22N2O4S. The van der Waals surface area contributed by atoms with Crippen LogP contribution in [0.15, 0.2) is 33.7 Å². The normalized spacial score (nSPS) is 17.1. The summed E-state index contributed by atoms with van der Waals surface area (Å²) in [5.41, 5.74) is 1.41. The molecule has 1 aliphatic rings. The maximum Gasteiger partial charge on any atom is 0.246 e. The number of aryl methyl sites for hydroxylation is 1. The van der Waals surface area contributed by atoms with Crippen LogP contribution in [0.2, 0.25) is 0 Å². The highest BCUT2D eigenvalue weighted by molar-refractivity contribution is 7.89. The van der Waals surface area contributed by atoms with Gasteiger partial charge in [0.15, 0.2) is 5.76 Å². The zero-order chi connectivity index (χ0) is 17.3. The fraction of sp³-hybridized carbons (Fsp3) is 0.471. The molecule has 1 saturated heterocycles. The summed E-state index contributed by atoms with van der Waals surface area (Å²) in [6, 6.07) is 6.82. The van der Waals surface area contributed by atoms with Gasteiger partial charge in [0.1, 0.15) is 10.6 Å². The van der Waals surface area contributed by atoms with E-state index >= 15 is 0 Å². The largest absolute Gasteiger partial charge is 0.495 e. The van der Waals surface area contributed by atoms with E-state index in [1.54, 1.807) is 28.6 Å². The highest BCUT2D eigenvalue weighted by Crippen LogP contribution is 2.33. The van der Waals surface area contributed by atoms with Gasteiger partial charge in [0.25, 0.3) is 0 Å². The van der Waals surface area contributed by atoms with E-state index in [1.165, 1.54) is 7.11 Å². The Morgan fingerprint density at radius 1 is 1.25 bits per heavy atom. The second-order valence-corrected chi connectivity index (χ2v) is 8.19. The lowest BCUT2D eigenvalue weighted by Gasteiger charge is -2.29. The van der Waals surface area contributed by atoms with Crippen molar-refractivity contribution in [3.63, 3.8) is 0 Å². The lowest BCUT2D eigenvalue weighted by molar-refractivity contribution is 0.287. The highest BCUT2D eigenvalue weighted by atomic mass is 32.2. The molecule has 0 spiro atoms. The molecule has 1 aromatic carbocycles. The van der Waals surface area contributed by atoms with Crippen LogP contribution in [0.5, 0.6) is 5.75 Å². The van der Waals surface area contributed by atoms with E-state index in [0.717, 1.165) is 18.5 Å². The molecular weight excluding hydrogens is 328 g/mol. The SMILES string of the molecule is COc1ccc(-c2cc(C)no2)cc1S(=O)(=O)N1CCC(C)CC1. The van der Waals surface area contributed by atoms with Gasteiger partial charge in [-0.15, -0.1) is 0 Å². The summed E-state index contributed by atoms with van der Waals surface area (Å²) in [5, 5.41) is 3.86. The average Bonchev–Trinajstić information content (AvgIpc) is 3.01. The Morgan fingerprint density at radius 2 is 1.96 bits per heavy atom. The number of methoxy groups -OCH3 is 1. The van der Waals surface area contributed by atoms with Crippen molar-refractivity contribution in [3.8, 4) is 17.1 Å². The van der Waals surface area contributed by atoms with Crippen LogP contribution in [0, 0.1) is 12.8 Å². The summed E-state index contributed by atoms with van der Waals surface area (Å²) < 4.78 is 38.2. The molecule has 3 rings (SSSR count). The number of aromatic nitrogens is 1. The van der Waals surface area contributed by atoms with Gasteiger partial charge in [-0.3, -0.25) is 0 Å². The second-order valence-electron chi connectivity index (χ2n) is 6.28. The van der Waals surface area contributed by atoms with Gasteiger partial charge in [-0.2, -0.15) is 4.31 Å². The van der Waals surface area contributed by atoms with E-state index in [0.29, 0.717) is 36.1 Å². The molecule has 1 aliphatic heterocycles. The van der Waals surface area contributed by atoms with Gasteiger partial charge in [0, 0.05) is 24.7 Å². The lowest BCUT2D eigenvalue weighted by atomic mass is 10.0. The van der Waals surface area contributed by atoms with E-state index < -0.39 is 10.0 Å². The molecule has 0 aliphatic carbocycles. The number of ether oxygens (including phenoxy) is 1. The molecule has 2 aromatic rings. The van der Waals surface area contributed by atoms with Crippen molar-refractivity contribution in [2.45, 2.75) is 31.6 Å². The van der Waals surface area contributed by atoms with Crippen LogP contribution in [0.1, 0.15) is 25.5 Å². The summed E-state index contributed by atoms with van der Waals surface area (Å²) in [6.07, 6.45) is 1.76. The molecule has 24 heavy (non-hydrogen) atoms. The molecule has 0 amide bonds. The fourth-order valence-electron chi connectivity index (χ4n) is 2.90. The highest BCUT2D eigenvalue weighted by Gasteiger charge is 2.31. The van der Waals surface area contributed by atoms with Gasteiger partial charge in [-0.25, -0.2) is 8.42 Å². The van der Waals surface area contributed by atoms with E-state index in [-0.39, 0.29) is 4.90 Å². The Bertz CT molecular complexity index is 821. The molecule has 0 saturated carbocycles. The minimum Gasteiger partial charge on any atom is -0.495 e. The monoisotopic (exact) mass is 350 g/mol. The summed E-state index contributed by atoms with van der Waals surface area (Å²) in [7, 11) is -2.13. The Hall–Kier alpha value is -1.86. The third kappa shape index (κ3) is 3.18. The van der Waals surface area contributed by atoms with Crippen LogP contribution in [0.3, 0.4) is 0 Å². The van der Waals surface area contributed by atoms with Crippen LogP contribution in [0.4, 0.5) is 0 Å². The third-order valence-corrected chi connectivity index (χ3v) is 6.36. The summed E-state index contributed by atoms with van der Waals surface area (Å²) in [4.78, 5) is 0.172. The lowest BCUT2D eigenvalue weighted by Crippen LogP contribution is -2.38. The molecule has 0 bridgehead atoms. The van der Waals surface area contributed by atoms with Crippen LogP contribution < -0.4 is 4.74 Å². The molecule has 2 heterocycles. The van der Waals surface area contributed by atoms with Crippen LogP contribution >= 0.6 is 0 Å². The fourth-order valence-corrected chi connectivity index (χ4v) is 4.55. The maximum atomic E-state index is 13.1. The van der Waals surface area contributed by atoms with Gasteiger partial charge < -0.3 is 9.26 Å². The Kier molecular flexibility index (Phi) is 4.64. The molecule has 130 valence electrons. The number of piperidine rings is 1. The number of hydrogen-bond acceptors (Lipinski definition) is 5. The maximum absolute atomic E-state index is 13.1. The molecule has 0 atom stereocenters. The second kappa shape index (κ2) is 6.57. The molecule has 1 aromatic heterocycles. The van der Waals surface area contributed by atoms with E-state index in [9.17, 15) is 8.42 Å². The minimum absolute atomic E-state index is 0.172. The van der Waals surface area contributed by atoms with E-state index in [4.69, 9.17) is 9.26 Å². The van der Waals surface area contributed by atoms with Crippen molar-refractivity contribution in [1.29, 1.82) is 0 Å². The quantitative estimate of drug-likeness (QED) is 0.847. The summed E-state index contributed by atoms with van der Waals surface area (Å²) >= 11 is 0. The Balaban J connectivity index is 2.01. The van der Waals surface area contributed by atoms with Crippen molar-refractivity contribution >= 4 is 10.0 Å². The van der Waals surface area contributed by atoms with E-state index in [1.807, 2.05) is 6.92 Å². The first kappa shape index (κ1) is 17.0.